The summed E-state index contributed by atoms with van der Waals surface area (Å²) in [5.74, 6) is 0.0749. The van der Waals surface area contributed by atoms with Crippen LogP contribution in [0.25, 0.3) is 0 Å². The Hall–Kier alpha value is 0.140. The van der Waals surface area contributed by atoms with Crippen LogP contribution >= 0.6 is 15.9 Å². The minimum absolute atomic E-state index is 0.0749. The van der Waals surface area contributed by atoms with Crippen LogP contribution < -0.4 is 0 Å². The van der Waals surface area contributed by atoms with E-state index in [1.165, 1.54) is 57.8 Å². The van der Waals surface area contributed by atoms with Crippen LogP contribution in [0.5, 0.6) is 0 Å². The molecule has 0 radical (unpaired) electrons. The Balaban J connectivity index is 4.07. The molecule has 2 unspecified atom stereocenters. The fourth-order valence-corrected chi connectivity index (χ4v) is 4.01. The largest absolute Gasteiger partial charge is 0.393 e. The standard InChI is InChI=1S/C24H47BrO2/c1-3-5-14-19-23(26)22(24(27)20-15-6-4-2)18-16-12-10-8-7-9-11-13-17-21-25/h11,13,22-24,26-27H,3-10,12,14-21H2,1-2H3/b13-11-. The van der Waals surface area contributed by atoms with Crippen molar-refractivity contribution in [3.63, 3.8) is 0 Å². The number of hydrogen-bond acceptors (Lipinski definition) is 2. The highest BCUT2D eigenvalue weighted by Gasteiger charge is 2.25. The summed E-state index contributed by atoms with van der Waals surface area (Å²) in [7, 11) is 0. The van der Waals surface area contributed by atoms with E-state index in [-0.39, 0.29) is 18.1 Å². The Labute approximate surface area is 178 Å². The van der Waals surface area contributed by atoms with Gasteiger partial charge in [-0.25, -0.2) is 0 Å². The Bertz CT molecular complexity index is 304. The van der Waals surface area contributed by atoms with Crippen LogP contribution in [0.2, 0.25) is 0 Å². The van der Waals surface area contributed by atoms with Gasteiger partial charge in [0, 0.05) is 11.2 Å². The monoisotopic (exact) mass is 446 g/mol. The zero-order valence-electron chi connectivity index (χ0n) is 18.2. The summed E-state index contributed by atoms with van der Waals surface area (Å²) in [5.41, 5.74) is 0. The summed E-state index contributed by atoms with van der Waals surface area (Å²) in [6.45, 7) is 4.39. The van der Waals surface area contributed by atoms with Crippen molar-refractivity contribution in [1.29, 1.82) is 0 Å². The van der Waals surface area contributed by atoms with Gasteiger partial charge in [-0.1, -0.05) is 106 Å². The van der Waals surface area contributed by atoms with E-state index in [2.05, 4.69) is 41.9 Å². The zero-order chi connectivity index (χ0) is 20.2. The molecule has 0 aliphatic carbocycles. The minimum Gasteiger partial charge on any atom is -0.393 e. The molecule has 0 aliphatic rings. The number of aliphatic hydroxyl groups excluding tert-OH is 2. The van der Waals surface area contributed by atoms with Gasteiger partial charge in [0.05, 0.1) is 12.2 Å². The molecular formula is C24H47BrO2. The first-order chi connectivity index (χ1) is 13.2. The third kappa shape index (κ3) is 16.8. The molecule has 0 amide bonds. The van der Waals surface area contributed by atoms with E-state index >= 15 is 0 Å². The fourth-order valence-electron chi connectivity index (χ4n) is 3.75. The van der Waals surface area contributed by atoms with Crippen molar-refractivity contribution < 1.29 is 10.2 Å². The molecular weight excluding hydrogens is 400 g/mol. The second-order valence-corrected chi connectivity index (χ2v) is 8.88. The molecule has 0 aliphatic heterocycles. The highest BCUT2D eigenvalue weighted by atomic mass is 79.9. The van der Waals surface area contributed by atoms with Gasteiger partial charge in [0.15, 0.2) is 0 Å². The summed E-state index contributed by atoms with van der Waals surface area (Å²) in [5, 5.41) is 22.3. The van der Waals surface area contributed by atoms with E-state index in [9.17, 15) is 10.2 Å². The van der Waals surface area contributed by atoms with Gasteiger partial charge in [-0.2, -0.15) is 0 Å². The molecule has 0 rings (SSSR count). The van der Waals surface area contributed by atoms with Gasteiger partial charge in [-0.05, 0) is 38.5 Å². The third-order valence-corrected chi connectivity index (χ3v) is 6.00. The first-order valence-corrected chi connectivity index (χ1v) is 12.9. The van der Waals surface area contributed by atoms with Crippen LogP contribution in [-0.2, 0) is 0 Å². The average Bonchev–Trinajstić information content (AvgIpc) is 2.66. The maximum Gasteiger partial charge on any atom is 0.0593 e. The van der Waals surface area contributed by atoms with Crippen molar-refractivity contribution in [2.75, 3.05) is 5.33 Å². The second-order valence-electron chi connectivity index (χ2n) is 8.08. The molecule has 0 heterocycles. The number of alkyl halides is 1. The van der Waals surface area contributed by atoms with Gasteiger partial charge in [0.1, 0.15) is 0 Å². The molecule has 0 bridgehead atoms. The number of rotatable bonds is 20. The quantitative estimate of drug-likeness (QED) is 0.115. The van der Waals surface area contributed by atoms with E-state index < -0.39 is 0 Å². The topological polar surface area (TPSA) is 40.5 Å². The normalized spacial score (nSPS) is 15.3. The lowest BCUT2D eigenvalue weighted by atomic mass is 9.85. The van der Waals surface area contributed by atoms with E-state index in [1.54, 1.807) is 0 Å². The molecule has 0 saturated heterocycles. The Kier molecular flexibility index (Phi) is 21.0. The van der Waals surface area contributed by atoms with Crippen molar-refractivity contribution in [3.8, 4) is 0 Å². The van der Waals surface area contributed by atoms with E-state index in [0.717, 1.165) is 50.3 Å². The molecule has 0 aromatic carbocycles. The number of allylic oxidation sites excluding steroid dienone is 2. The second kappa shape index (κ2) is 20.9. The number of unbranched alkanes of at least 4 members (excludes halogenated alkanes) is 9. The summed E-state index contributed by atoms with van der Waals surface area (Å²) in [6, 6.07) is 0. The van der Waals surface area contributed by atoms with E-state index in [0.29, 0.717) is 0 Å². The highest BCUT2D eigenvalue weighted by Crippen LogP contribution is 2.25. The maximum absolute atomic E-state index is 10.6. The molecule has 0 spiro atoms. The Morgan fingerprint density at radius 2 is 1.11 bits per heavy atom. The average molecular weight is 448 g/mol. The zero-order valence-corrected chi connectivity index (χ0v) is 19.8. The highest BCUT2D eigenvalue weighted by molar-refractivity contribution is 9.09. The van der Waals surface area contributed by atoms with Crippen molar-refractivity contribution >= 4 is 15.9 Å². The van der Waals surface area contributed by atoms with Gasteiger partial charge in [0.25, 0.3) is 0 Å². The predicted molar refractivity (Wildman–Crippen MR) is 124 cm³/mol. The van der Waals surface area contributed by atoms with Crippen LogP contribution in [0, 0.1) is 5.92 Å². The molecule has 27 heavy (non-hydrogen) atoms. The van der Waals surface area contributed by atoms with E-state index in [1.807, 2.05) is 0 Å². The third-order valence-electron chi connectivity index (χ3n) is 5.55. The molecule has 162 valence electrons. The van der Waals surface area contributed by atoms with Gasteiger partial charge in [-0.15, -0.1) is 0 Å². The lowest BCUT2D eigenvalue weighted by Gasteiger charge is -2.28. The molecule has 0 fully saturated rings. The first-order valence-electron chi connectivity index (χ1n) is 11.7. The Morgan fingerprint density at radius 3 is 1.67 bits per heavy atom. The molecule has 2 atom stereocenters. The van der Waals surface area contributed by atoms with E-state index in [4.69, 9.17) is 0 Å². The molecule has 2 N–H and O–H groups in total. The predicted octanol–water partition coefficient (Wildman–Crippen LogP) is 7.56. The molecule has 2 nitrogen and oxygen atoms in total. The number of halogens is 1. The lowest BCUT2D eigenvalue weighted by Crippen LogP contribution is -2.32. The summed E-state index contributed by atoms with van der Waals surface area (Å²) >= 11 is 3.44. The van der Waals surface area contributed by atoms with Crippen LogP contribution in [-0.4, -0.2) is 27.8 Å². The van der Waals surface area contributed by atoms with Crippen LogP contribution in [0.4, 0.5) is 0 Å². The van der Waals surface area contributed by atoms with Crippen LogP contribution in [0.1, 0.15) is 117 Å². The minimum atomic E-state index is -0.326. The van der Waals surface area contributed by atoms with Crippen LogP contribution in [0.15, 0.2) is 12.2 Å². The molecule has 3 heteroatoms. The van der Waals surface area contributed by atoms with Gasteiger partial charge in [-0.3, -0.25) is 0 Å². The van der Waals surface area contributed by atoms with Gasteiger partial charge < -0.3 is 10.2 Å². The van der Waals surface area contributed by atoms with Gasteiger partial charge >= 0.3 is 0 Å². The molecule has 0 saturated carbocycles. The summed E-state index contributed by atoms with van der Waals surface area (Å²) < 4.78 is 0. The van der Waals surface area contributed by atoms with Crippen molar-refractivity contribution in [1.82, 2.24) is 0 Å². The molecule has 0 aromatic rings. The fraction of sp³-hybridized carbons (Fsp3) is 0.917. The smallest absolute Gasteiger partial charge is 0.0593 e. The van der Waals surface area contributed by atoms with Crippen LogP contribution in [0.3, 0.4) is 0 Å². The maximum atomic E-state index is 10.6. The molecule has 0 aromatic heterocycles. The van der Waals surface area contributed by atoms with Crippen molar-refractivity contribution in [2.24, 2.45) is 5.92 Å². The Morgan fingerprint density at radius 1 is 0.630 bits per heavy atom. The SMILES string of the molecule is CCCCCC(O)C(CCCCCCC/C=C\CCBr)C(O)CCCCC. The van der Waals surface area contributed by atoms with Gasteiger partial charge in [0.2, 0.25) is 0 Å². The lowest BCUT2D eigenvalue weighted by molar-refractivity contribution is -0.00316. The number of hydrogen-bond donors (Lipinski definition) is 2. The van der Waals surface area contributed by atoms with Crippen molar-refractivity contribution in [3.05, 3.63) is 12.2 Å². The van der Waals surface area contributed by atoms with Crippen molar-refractivity contribution in [2.45, 2.75) is 129 Å². The first kappa shape index (κ1) is 27.1. The summed E-state index contributed by atoms with van der Waals surface area (Å²) in [4.78, 5) is 0. The summed E-state index contributed by atoms with van der Waals surface area (Å²) in [6.07, 6.45) is 22.0. The number of aliphatic hydroxyl groups is 2.